The van der Waals surface area contributed by atoms with Gasteiger partial charge in [-0.05, 0) is 112 Å². The summed E-state index contributed by atoms with van der Waals surface area (Å²) in [5.41, 5.74) is 0.586. The highest BCUT2D eigenvalue weighted by atomic mass is 35.5. The van der Waals surface area contributed by atoms with E-state index in [0.717, 1.165) is 63.2 Å². The molecule has 2 aliphatic rings. The van der Waals surface area contributed by atoms with Crippen LogP contribution in [0.4, 0.5) is 11.4 Å². The van der Waals surface area contributed by atoms with Crippen molar-refractivity contribution in [3.8, 4) is 11.5 Å². The third-order valence-corrected chi connectivity index (χ3v) is 14.7. The number of piperidine rings is 2. The van der Waals surface area contributed by atoms with Gasteiger partial charge in [0.2, 0.25) is 11.8 Å². The Bertz CT molecular complexity index is 2300. The number of likely N-dealkylation sites (N-methyl/N-ethyl adjacent to an activating group) is 1. The first-order valence-corrected chi connectivity index (χ1v) is 24.7. The van der Waals surface area contributed by atoms with Crippen LogP contribution in [0, 0.1) is 10.8 Å². The number of likely N-dealkylation sites (tertiary alicyclic amines) is 2. The fraction of sp³-hybridized carbons (Fsp3) is 0.500. The number of benzene rings is 4. The van der Waals surface area contributed by atoms with E-state index in [9.17, 15) is 19.8 Å². The predicted octanol–water partition coefficient (Wildman–Crippen LogP) is 10.1. The molecule has 0 saturated carbocycles. The van der Waals surface area contributed by atoms with Crippen molar-refractivity contribution in [3.63, 3.8) is 0 Å². The molecule has 3 unspecified atom stereocenters. The number of halogens is 4. The van der Waals surface area contributed by atoms with Crippen molar-refractivity contribution in [2.45, 2.75) is 89.9 Å². The molecule has 15 heteroatoms. The number of hydrogen-bond donors (Lipinski definition) is 4. The molecule has 2 amide bonds. The number of aliphatic hydroxyl groups is 2. The van der Waals surface area contributed by atoms with E-state index < -0.39 is 29.1 Å². The lowest BCUT2D eigenvalue weighted by molar-refractivity contribution is -0.125. The van der Waals surface area contributed by atoms with Crippen LogP contribution < -0.4 is 20.1 Å². The molecule has 2 heterocycles. The van der Waals surface area contributed by atoms with Gasteiger partial charge in [0.15, 0.2) is 0 Å². The van der Waals surface area contributed by atoms with Crippen LogP contribution in [-0.4, -0.2) is 121 Å². The molecule has 6 rings (SSSR count). The number of ether oxygens (including phenoxy) is 2. The van der Waals surface area contributed by atoms with Gasteiger partial charge in [-0.15, -0.1) is 0 Å². The Morgan fingerprint density at radius 1 is 0.642 bits per heavy atom. The number of nitrogens with zero attached hydrogens (tertiary/aromatic N) is 3. The zero-order valence-corrected chi connectivity index (χ0v) is 42.7. The van der Waals surface area contributed by atoms with Crippen LogP contribution in [0.3, 0.4) is 0 Å². The summed E-state index contributed by atoms with van der Waals surface area (Å²) in [6, 6.07) is 24.7. The number of carbonyl (C=O) groups excluding carboxylic acids is 2. The lowest BCUT2D eigenvalue weighted by Gasteiger charge is -2.50. The van der Waals surface area contributed by atoms with E-state index in [-0.39, 0.29) is 17.3 Å². The van der Waals surface area contributed by atoms with E-state index in [1.54, 1.807) is 55.4 Å². The maximum absolute atomic E-state index is 13.8. The third-order valence-electron chi connectivity index (χ3n) is 13.7. The molecule has 2 fully saturated rings. The van der Waals surface area contributed by atoms with Gasteiger partial charge in [-0.25, -0.2) is 0 Å². The normalized spacial score (nSPS) is 21.1. The minimum atomic E-state index is -0.841. The lowest BCUT2D eigenvalue weighted by Crippen LogP contribution is -2.58. The molecule has 4 aromatic rings. The first kappa shape index (κ1) is 52.7. The number of anilines is 2. The van der Waals surface area contributed by atoms with E-state index in [1.807, 2.05) is 48.5 Å². The van der Waals surface area contributed by atoms with Gasteiger partial charge in [0.25, 0.3) is 0 Å². The minimum Gasteiger partial charge on any atom is -0.491 e. The highest BCUT2D eigenvalue weighted by molar-refractivity contribution is 6.31. The van der Waals surface area contributed by atoms with Gasteiger partial charge >= 0.3 is 0 Å². The zero-order valence-electron chi connectivity index (χ0n) is 39.6. The van der Waals surface area contributed by atoms with Gasteiger partial charge in [0, 0.05) is 83.0 Å². The lowest BCUT2D eigenvalue weighted by atomic mass is 9.67. The molecule has 0 aliphatic carbocycles. The zero-order chi connectivity index (χ0) is 48.6. The van der Waals surface area contributed by atoms with E-state index >= 15 is 0 Å². The van der Waals surface area contributed by atoms with Crippen LogP contribution in [0.25, 0.3) is 0 Å². The monoisotopic (exact) mass is 997 g/mol. The predicted molar refractivity (Wildman–Crippen MR) is 272 cm³/mol. The van der Waals surface area contributed by atoms with E-state index in [0.29, 0.717) is 81.9 Å². The van der Waals surface area contributed by atoms with Crippen LogP contribution in [0.2, 0.25) is 20.1 Å². The van der Waals surface area contributed by atoms with Crippen molar-refractivity contribution in [1.29, 1.82) is 0 Å². The molecule has 11 nitrogen and oxygen atoms in total. The van der Waals surface area contributed by atoms with Crippen molar-refractivity contribution in [2.75, 3.05) is 77.2 Å². The summed E-state index contributed by atoms with van der Waals surface area (Å²) >= 11 is 25.0. The first-order valence-electron chi connectivity index (χ1n) is 23.1. The maximum atomic E-state index is 13.8. The molecule has 4 N–H and O–H groups in total. The summed E-state index contributed by atoms with van der Waals surface area (Å²) in [5.74, 6) is 0.145. The number of carbonyl (C=O) groups is 2. The van der Waals surface area contributed by atoms with Gasteiger partial charge in [-0.3, -0.25) is 14.5 Å². The Morgan fingerprint density at radius 3 is 1.45 bits per heavy atom. The summed E-state index contributed by atoms with van der Waals surface area (Å²) in [5, 5.41) is 31.6. The molecular weight excluding hydrogens is 932 g/mol. The van der Waals surface area contributed by atoms with Crippen molar-refractivity contribution >= 4 is 69.6 Å². The summed E-state index contributed by atoms with van der Waals surface area (Å²) < 4.78 is 12.4. The van der Waals surface area contributed by atoms with Crippen molar-refractivity contribution in [3.05, 3.63) is 116 Å². The molecule has 67 heavy (non-hydrogen) atoms. The highest BCUT2D eigenvalue weighted by Gasteiger charge is 2.48. The Hall–Kier alpha value is -3.62. The van der Waals surface area contributed by atoms with Crippen LogP contribution in [0.15, 0.2) is 84.9 Å². The summed E-state index contributed by atoms with van der Waals surface area (Å²) in [7, 11) is 3.48. The molecule has 2 aliphatic heterocycles. The molecule has 0 radical (unpaired) electrons. The largest absolute Gasteiger partial charge is 0.491 e. The molecular formula is C52H67Cl4N5O6. The smallest absolute Gasteiger partial charge is 0.242 e. The Balaban J connectivity index is 0.968. The molecule has 0 aromatic heterocycles. The SMILES string of the molecule is CN(C)C(CC(=O)Nc1cc(Cl)ccc1OCCCN1CCC(O)(Cc2ccc(Cl)cc2)C(C)(C)C1)C(=O)Nc1cc(Cl)ccc1OCCCN1CCC(O)(Cc2ccc(Cl)cc2)C(C)(C)C1. The molecule has 3 atom stereocenters. The number of nitrogens with one attached hydrogen (secondary N) is 2. The van der Waals surface area contributed by atoms with Crippen LogP contribution >= 0.6 is 46.4 Å². The second-order valence-electron chi connectivity index (χ2n) is 19.9. The second-order valence-corrected chi connectivity index (χ2v) is 21.6. The molecule has 364 valence electrons. The number of amides is 2. The quantitative estimate of drug-likeness (QED) is 0.0641. The topological polar surface area (TPSA) is 127 Å². The summed E-state index contributed by atoms with van der Waals surface area (Å²) in [4.78, 5) is 33.9. The molecule has 4 aromatic carbocycles. The number of rotatable bonds is 20. The van der Waals surface area contributed by atoms with Crippen LogP contribution in [0.1, 0.15) is 70.9 Å². The van der Waals surface area contributed by atoms with Gasteiger partial charge in [0.1, 0.15) is 11.5 Å². The molecule has 2 saturated heterocycles. The van der Waals surface area contributed by atoms with Crippen LogP contribution in [0.5, 0.6) is 11.5 Å². The van der Waals surface area contributed by atoms with E-state index in [2.05, 4.69) is 48.1 Å². The standard InChI is InChI=1S/C52H67Cl4N5O6/c1-49(2)34-60(25-21-51(49,64)32-36-9-13-38(53)14-10-36)23-7-27-66-45-19-17-40(55)29-42(45)57-47(62)31-44(59(5)6)48(63)58-43-30-41(56)18-20-46(43)67-28-8-24-61-26-22-52(65,50(3,4)35-61)33-37-11-15-39(54)16-12-37/h9-20,29-30,44,64-65H,7-8,21-28,31-35H2,1-6H3,(H,57,62)(H,58,63). The van der Waals surface area contributed by atoms with Crippen molar-refractivity contribution in [1.82, 2.24) is 14.7 Å². The first-order chi connectivity index (χ1) is 31.6. The summed E-state index contributed by atoms with van der Waals surface area (Å²) in [6.45, 7) is 13.8. The van der Waals surface area contributed by atoms with E-state index in [4.69, 9.17) is 55.9 Å². The summed E-state index contributed by atoms with van der Waals surface area (Å²) in [6.07, 6.45) is 3.74. The Kier molecular flexibility index (Phi) is 18.0. The van der Waals surface area contributed by atoms with E-state index in [1.165, 1.54) is 0 Å². The van der Waals surface area contributed by atoms with Gasteiger partial charge in [-0.2, -0.15) is 0 Å². The maximum Gasteiger partial charge on any atom is 0.242 e. The highest BCUT2D eigenvalue weighted by Crippen LogP contribution is 2.43. The van der Waals surface area contributed by atoms with Crippen molar-refractivity contribution in [2.24, 2.45) is 10.8 Å². The van der Waals surface area contributed by atoms with Crippen molar-refractivity contribution < 1.29 is 29.3 Å². The average molecular weight is 1000 g/mol. The molecule has 0 bridgehead atoms. The Labute approximate surface area is 417 Å². The molecule has 0 spiro atoms. The van der Waals surface area contributed by atoms with Gasteiger partial charge < -0.3 is 40.1 Å². The second kappa shape index (κ2) is 22.9. The third kappa shape index (κ3) is 14.2. The minimum absolute atomic E-state index is 0.155. The van der Waals surface area contributed by atoms with Gasteiger partial charge in [-0.1, -0.05) is 98.4 Å². The fourth-order valence-electron chi connectivity index (χ4n) is 9.35. The average Bonchev–Trinajstić information content (AvgIpc) is 3.25. The number of hydrogen-bond acceptors (Lipinski definition) is 9. The fourth-order valence-corrected chi connectivity index (χ4v) is 9.94. The van der Waals surface area contributed by atoms with Gasteiger partial charge in [0.05, 0.1) is 48.3 Å². The van der Waals surface area contributed by atoms with Crippen LogP contribution in [-0.2, 0) is 22.4 Å². The Morgan fingerprint density at radius 2 is 1.04 bits per heavy atom.